The Morgan fingerprint density at radius 2 is 0.877 bits per heavy atom. The molecule has 7 rings (SSSR count). The number of unbranched alkanes of at least 4 members (excludes halogenated alkanes) is 3. The SMILES string of the molecule is C=CC(=O)OCCCCCCOc1ccc(C(=O)Oc2cccc(-c3nc4cc(OCCOCCOC(=O)C=C)ccc4nc3-c3cccc(OC(=O)C4CCC(C(=O)Oc5ccc(OCCCOC(=O)C=C)cc5)CC4)c3)c2)cc1. The summed E-state index contributed by atoms with van der Waals surface area (Å²) in [5, 5.41) is 0. The van der Waals surface area contributed by atoms with Crippen LogP contribution in [0.15, 0.2) is 153 Å². The van der Waals surface area contributed by atoms with Crippen molar-refractivity contribution in [2.45, 2.75) is 57.8 Å². The summed E-state index contributed by atoms with van der Waals surface area (Å²) in [7, 11) is 0. The van der Waals surface area contributed by atoms with Crippen molar-refractivity contribution in [3.63, 3.8) is 0 Å². The Bertz CT molecular complexity index is 3130. The molecule has 422 valence electrons. The summed E-state index contributed by atoms with van der Waals surface area (Å²) < 4.78 is 55.5. The van der Waals surface area contributed by atoms with Gasteiger partial charge in [0.15, 0.2) is 0 Å². The Kier molecular flexibility index (Phi) is 23.1. The highest BCUT2D eigenvalue weighted by molar-refractivity contribution is 5.92. The number of nitrogens with zero attached hydrogens (tertiary/aromatic N) is 2. The van der Waals surface area contributed by atoms with Gasteiger partial charge in [-0.25, -0.2) is 29.1 Å². The number of rotatable bonds is 31. The molecule has 1 aromatic heterocycles. The number of fused-ring (bicyclic) bond motifs is 1. The van der Waals surface area contributed by atoms with E-state index in [0.717, 1.165) is 43.9 Å². The van der Waals surface area contributed by atoms with Crippen LogP contribution in [0.1, 0.15) is 68.1 Å². The first-order chi connectivity index (χ1) is 39.5. The van der Waals surface area contributed by atoms with E-state index in [-0.39, 0.29) is 44.8 Å². The second-order valence-corrected chi connectivity index (χ2v) is 18.4. The zero-order valence-electron chi connectivity index (χ0n) is 44.9. The molecule has 0 saturated heterocycles. The molecule has 0 aliphatic heterocycles. The van der Waals surface area contributed by atoms with Crippen LogP contribution in [-0.2, 0) is 42.9 Å². The molecular formula is C63H64N2O16. The number of carbonyl (C=O) groups is 6. The molecule has 1 fully saturated rings. The number of esters is 6. The van der Waals surface area contributed by atoms with Gasteiger partial charge in [0.2, 0.25) is 0 Å². The Morgan fingerprint density at radius 1 is 0.420 bits per heavy atom. The first kappa shape index (κ1) is 59.5. The van der Waals surface area contributed by atoms with E-state index in [2.05, 4.69) is 19.7 Å². The topological polar surface area (TPSA) is 220 Å². The van der Waals surface area contributed by atoms with E-state index in [4.69, 9.17) is 57.3 Å². The fourth-order valence-corrected chi connectivity index (χ4v) is 8.40. The predicted octanol–water partition coefficient (Wildman–Crippen LogP) is 10.8. The Morgan fingerprint density at radius 3 is 1.47 bits per heavy atom. The fraction of sp³-hybridized carbons (Fsp3) is 0.302. The van der Waals surface area contributed by atoms with Crippen molar-refractivity contribution in [2.75, 3.05) is 52.9 Å². The zero-order chi connectivity index (χ0) is 57.2. The van der Waals surface area contributed by atoms with Gasteiger partial charge in [0.05, 0.1) is 79.5 Å². The number of aromatic nitrogens is 2. The molecule has 0 radical (unpaired) electrons. The Hall–Kier alpha value is -9.16. The quantitative estimate of drug-likeness (QED) is 0.0130. The van der Waals surface area contributed by atoms with Crippen LogP contribution >= 0.6 is 0 Å². The largest absolute Gasteiger partial charge is 0.494 e. The average molecular weight is 1110 g/mol. The lowest BCUT2D eigenvalue weighted by atomic mass is 9.82. The van der Waals surface area contributed by atoms with Crippen molar-refractivity contribution >= 4 is 46.8 Å². The minimum atomic E-state index is -0.583. The molecule has 1 aliphatic carbocycles. The van der Waals surface area contributed by atoms with Crippen LogP contribution in [0.5, 0.6) is 34.5 Å². The van der Waals surface area contributed by atoms with Crippen molar-refractivity contribution in [3.8, 4) is 57.0 Å². The highest BCUT2D eigenvalue weighted by atomic mass is 16.6. The van der Waals surface area contributed by atoms with Crippen LogP contribution < -0.4 is 28.4 Å². The predicted molar refractivity (Wildman–Crippen MR) is 299 cm³/mol. The van der Waals surface area contributed by atoms with Crippen molar-refractivity contribution in [1.29, 1.82) is 0 Å². The molecule has 1 saturated carbocycles. The molecule has 0 bridgehead atoms. The molecule has 6 aromatic rings. The molecule has 0 unspecified atom stereocenters. The zero-order valence-corrected chi connectivity index (χ0v) is 44.9. The first-order valence-corrected chi connectivity index (χ1v) is 26.7. The van der Waals surface area contributed by atoms with Gasteiger partial charge in [-0.2, -0.15) is 0 Å². The van der Waals surface area contributed by atoms with Gasteiger partial charge in [-0.1, -0.05) is 44.0 Å². The maximum Gasteiger partial charge on any atom is 0.343 e. The van der Waals surface area contributed by atoms with Crippen molar-refractivity contribution in [3.05, 3.63) is 159 Å². The summed E-state index contributed by atoms with van der Waals surface area (Å²) in [6.45, 7) is 12.2. The molecule has 18 nitrogen and oxygen atoms in total. The maximum absolute atomic E-state index is 13.7. The van der Waals surface area contributed by atoms with Crippen LogP contribution in [0, 0.1) is 11.8 Å². The summed E-state index contributed by atoms with van der Waals surface area (Å²) in [6.07, 6.45) is 8.94. The third-order valence-electron chi connectivity index (χ3n) is 12.6. The molecule has 0 atom stereocenters. The number of carbonyl (C=O) groups excluding carboxylic acids is 6. The molecule has 1 heterocycles. The summed E-state index contributed by atoms with van der Waals surface area (Å²) in [5.41, 5.74) is 3.42. The molecule has 18 heteroatoms. The molecule has 0 N–H and O–H groups in total. The highest BCUT2D eigenvalue weighted by Crippen LogP contribution is 2.36. The second kappa shape index (κ2) is 31.4. The third kappa shape index (κ3) is 19.0. The number of benzene rings is 5. The van der Waals surface area contributed by atoms with E-state index in [9.17, 15) is 28.8 Å². The van der Waals surface area contributed by atoms with Gasteiger partial charge in [-0.15, -0.1) is 0 Å². The number of hydrogen-bond donors (Lipinski definition) is 0. The standard InChI is InChI=1S/C63H64N2O16/c1-4-56(66)76-33-10-8-7-9-32-73-48-24-22-45(23-25-48)63(71)81-53-17-12-15-47(41-53)60-59(64-54-31-30-51(42-55(54)65-60)75-38-36-72-37-39-78-58(68)6-3)46-14-11-16-52(40-46)80-62(70)44-20-18-43(19-21-44)61(69)79-50-28-26-49(27-29-50)74-34-13-35-77-57(67)5-2/h4-6,11-12,14-17,22-31,40-44H,1-3,7-10,13,18-21,32-39H2. The summed E-state index contributed by atoms with van der Waals surface area (Å²) in [4.78, 5) is 84.2. The van der Waals surface area contributed by atoms with Gasteiger partial charge in [0.25, 0.3) is 0 Å². The van der Waals surface area contributed by atoms with Crippen LogP contribution in [0.2, 0.25) is 0 Å². The van der Waals surface area contributed by atoms with E-state index in [1.54, 1.807) is 103 Å². The Balaban J connectivity index is 0.989. The van der Waals surface area contributed by atoms with Crippen LogP contribution in [0.25, 0.3) is 33.5 Å². The van der Waals surface area contributed by atoms with Crippen LogP contribution in [0.3, 0.4) is 0 Å². The molecule has 81 heavy (non-hydrogen) atoms. The van der Waals surface area contributed by atoms with Gasteiger partial charge in [0.1, 0.15) is 47.7 Å². The van der Waals surface area contributed by atoms with E-state index < -0.39 is 41.7 Å². The van der Waals surface area contributed by atoms with E-state index in [1.807, 2.05) is 12.1 Å². The fourth-order valence-electron chi connectivity index (χ4n) is 8.40. The second-order valence-electron chi connectivity index (χ2n) is 18.4. The van der Waals surface area contributed by atoms with Crippen molar-refractivity contribution < 1.29 is 76.1 Å². The van der Waals surface area contributed by atoms with Crippen molar-refractivity contribution in [2.24, 2.45) is 11.8 Å². The van der Waals surface area contributed by atoms with Crippen molar-refractivity contribution in [1.82, 2.24) is 9.97 Å². The summed E-state index contributed by atoms with van der Waals surface area (Å²) >= 11 is 0. The van der Waals surface area contributed by atoms with Gasteiger partial charge in [0, 0.05) is 41.8 Å². The molecule has 5 aromatic carbocycles. The van der Waals surface area contributed by atoms with E-state index in [0.29, 0.717) is 120 Å². The van der Waals surface area contributed by atoms with Gasteiger partial charge in [-0.05, 0) is 136 Å². The van der Waals surface area contributed by atoms with Gasteiger partial charge in [-0.3, -0.25) is 9.59 Å². The minimum Gasteiger partial charge on any atom is -0.494 e. The van der Waals surface area contributed by atoms with Gasteiger partial charge < -0.3 is 47.4 Å². The van der Waals surface area contributed by atoms with E-state index in [1.165, 1.54) is 0 Å². The Labute approximate surface area is 469 Å². The van der Waals surface area contributed by atoms with Gasteiger partial charge >= 0.3 is 35.8 Å². The molecule has 1 aliphatic rings. The third-order valence-corrected chi connectivity index (χ3v) is 12.6. The van der Waals surface area contributed by atoms with Crippen LogP contribution in [-0.4, -0.2) is 98.6 Å². The van der Waals surface area contributed by atoms with Crippen LogP contribution in [0.4, 0.5) is 0 Å². The molecule has 0 spiro atoms. The number of hydrogen-bond acceptors (Lipinski definition) is 18. The van der Waals surface area contributed by atoms with E-state index >= 15 is 0 Å². The monoisotopic (exact) mass is 1100 g/mol. The molecule has 0 amide bonds. The minimum absolute atomic E-state index is 0.0815. The lowest BCUT2D eigenvalue weighted by Crippen LogP contribution is -2.30. The average Bonchev–Trinajstić information content (AvgIpc) is 3.58. The maximum atomic E-state index is 13.7. The normalized spacial score (nSPS) is 13.6. The summed E-state index contributed by atoms with van der Waals surface area (Å²) in [5.74, 6) is -1.06. The smallest absolute Gasteiger partial charge is 0.343 e. The first-order valence-electron chi connectivity index (χ1n) is 26.7. The molecular weight excluding hydrogens is 1040 g/mol. The number of ether oxygens (including phenoxy) is 10. The lowest BCUT2D eigenvalue weighted by molar-refractivity contribution is -0.145. The lowest BCUT2D eigenvalue weighted by Gasteiger charge is -2.25. The summed E-state index contributed by atoms with van der Waals surface area (Å²) in [6, 6.07) is 32.6. The highest BCUT2D eigenvalue weighted by Gasteiger charge is 2.32.